The van der Waals surface area contributed by atoms with Gasteiger partial charge in [0.2, 0.25) is 0 Å². The Morgan fingerprint density at radius 2 is 1.78 bits per heavy atom. The molecule has 2 saturated carbocycles. The van der Waals surface area contributed by atoms with Gasteiger partial charge in [0.1, 0.15) is 0 Å². The lowest BCUT2D eigenvalue weighted by Gasteiger charge is -2.42. The van der Waals surface area contributed by atoms with Gasteiger partial charge in [0.05, 0.1) is 19.3 Å². The van der Waals surface area contributed by atoms with Crippen LogP contribution in [0, 0.1) is 22.7 Å². The zero-order valence-corrected chi connectivity index (χ0v) is 10.9. The molecule has 2 aliphatic carbocycles. The van der Waals surface area contributed by atoms with Gasteiger partial charge in [-0.2, -0.15) is 5.26 Å². The van der Waals surface area contributed by atoms with Crippen molar-refractivity contribution < 1.29 is 9.47 Å². The maximum absolute atomic E-state index is 8.78. The van der Waals surface area contributed by atoms with Crippen LogP contribution < -0.4 is 0 Å². The monoisotopic (exact) mass is 247 g/mol. The summed E-state index contributed by atoms with van der Waals surface area (Å²) in [6.45, 7) is 1.48. The van der Waals surface area contributed by atoms with E-state index in [1.807, 2.05) is 0 Å². The largest absolute Gasteiger partial charge is 0.348 e. The van der Waals surface area contributed by atoms with Gasteiger partial charge >= 0.3 is 0 Å². The van der Waals surface area contributed by atoms with Gasteiger partial charge in [0.15, 0.2) is 5.79 Å². The fraction of sp³-hybridized carbons (Fsp3) is 0.800. The molecule has 18 heavy (non-hydrogen) atoms. The minimum absolute atomic E-state index is 0.234. The molecule has 0 atom stereocenters. The van der Waals surface area contributed by atoms with Crippen molar-refractivity contribution in [3.8, 4) is 6.07 Å². The zero-order chi connectivity index (χ0) is 12.5. The van der Waals surface area contributed by atoms with Crippen LogP contribution in [-0.4, -0.2) is 19.0 Å². The summed E-state index contributed by atoms with van der Waals surface area (Å²) in [5, 5.41) is 8.78. The number of nitrogens with zero attached hydrogens (tertiary/aromatic N) is 1. The van der Waals surface area contributed by atoms with E-state index in [2.05, 4.69) is 12.1 Å². The average Bonchev–Trinajstić information content (AvgIpc) is 3.08. The quantitative estimate of drug-likeness (QED) is 0.719. The van der Waals surface area contributed by atoms with Crippen LogP contribution in [0.25, 0.3) is 0 Å². The highest BCUT2D eigenvalue weighted by molar-refractivity contribution is 5.12. The van der Waals surface area contributed by atoms with Gasteiger partial charge in [0, 0.05) is 18.9 Å². The predicted octanol–water partition coefficient (Wildman–Crippen LogP) is 3.17. The normalized spacial score (nSPS) is 29.7. The summed E-state index contributed by atoms with van der Waals surface area (Å²) in [5.74, 6) is 0.612. The lowest BCUT2D eigenvalue weighted by molar-refractivity contribution is -0.188. The molecule has 0 aromatic rings. The van der Waals surface area contributed by atoms with Crippen molar-refractivity contribution in [1.29, 1.82) is 5.26 Å². The Morgan fingerprint density at radius 3 is 2.33 bits per heavy atom. The molecule has 98 valence electrons. The van der Waals surface area contributed by atoms with Crippen LogP contribution in [-0.2, 0) is 9.47 Å². The SMILES string of the molecule is N#CC=CC1(CC2CC2)CCC2(CC1)OCCO2. The predicted molar refractivity (Wildman–Crippen MR) is 67.6 cm³/mol. The van der Waals surface area contributed by atoms with Crippen molar-refractivity contribution in [2.24, 2.45) is 11.3 Å². The summed E-state index contributed by atoms with van der Waals surface area (Å²) in [4.78, 5) is 0. The Hall–Kier alpha value is -0.850. The molecule has 1 saturated heterocycles. The number of nitriles is 1. The van der Waals surface area contributed by atoms with Crippen molar-refractivity contribution >= 4 is 0 Å². The van der Waals surface area contributed by atoms with Crippen LogP contribution in [0.3, 0.4) is 0 Å². The molecule has 0 N–H and O–H groups in total. The first-order valence-corrected chi connectivity index (χ1v) is 7.11. The van der Waals surface area contributed by atoms with Crippen molar-refractivity contribution in [3.63, 3.8) is 0 Å². The van der Waals surface area contributed by atoms with E-state index in [-0.39, 0.29) is 11.2 Å². The van der Waals surface area contributed by atoms with E-state index >= 15 is 0 Å². The summed E-state index contributed by atoms with van der Waals surface area (Å²) in [7, 11) is 0. The van der Waals surface area contributed by atoms with E-state index in [0.717, 1.165) is 44.8 Å². The number of hydrogen-bond acceptors (Lipinski definition) is 3. The Balaban J connectivity index is 1.68. The van der Waals surface area contributed by atoms with Gasteiger partial charge in [-0.3, -0.25) is 0 Å². The van der Waals surface area contributed by atoms with Crippen LogP contribution in [0.1, 0.15) is 44.9 Å². The van der Waals surface area contributed by atoms with E-state index in [4.69, 9.17) is 14.7 Å². The third kappa shape index (κ3) is 2.46. The topological polar surface area (TPSA) is 42.2 Å². The Bertz CT molecular complexity index is 362. The number of ether oxygens (including phenoxy) is 2. The molecule has 1 spiro atoms. The van der Waals surface area contributed by atoms with Crippen molar-refractivity contribution in [3.05, 3.63) is 12.2 Å². The molecule has 0 aromatic heterocycles. The van der Waals surface area contributed by atoms with Gasteiger partial charge in [0.25, 0.3) is 0 Å². The smallest absolute Gasteiger partial charge is 0.168 e. The third-order valence-electron chi connectivity index (χ3n) is 4.72. The number of allylic oxidation sites excluding steroid dienone is 2. The van der Waals surface area contributed by atoms with Crippen LogP contribution in [0.4, 0.5) is 0 Å². The number of rotatable bonds is 3. The second kappa shape index (κ2) is 4.68. The highest BCUT2D eigenvalue weighted by atomic mass is 16.7. The van der Waals surface area contributed by atoms with E-state index < -0.39 is 0 Å². The third-order valence-corrected chi connectivity index (χ3v) is 4.72. The first-order valence-electron chi connectivity index (χ1n) is 7.11. The molecule has 0 aromatic carbocycles. The minimum atomic E-state index is -0.284. The fourth-order valence-corrected chi connectivity index (χ4v) is 3.46. The lowest BCUT2D eigenvalue weighted by Crippen LogP contribution is -2.39. The van der Waals surface area contributed by atoms with Crippen molar-refractivity contribution in [1.82, 2.24) is 0 Å². The average molecular weight is 247 g/mol. The molecule has 3 aliphatic rings. The first kappa shape index (κ1) is 12.2. The summed E-state index contributed by atoms with van der Waals surface area (Å²) in [5.41, 5.74) is 0.234. The molecule has 0 bridgehead atoms. The molecular formula is C15H21NO2. The summed E-state index contributed by atoms with van der Waals surface area (Å²) in [6.07, 6.45) is 12.0. The van der Waals surface area contributed by atoms with Gasteiger partial charge < -0.3 is 9.47 Å². The van der Waals surface area contributed by atoms with Crippen molar-refractivity contribution in [2.75, 3.05) is 13.2 Å². The van der Waals surface area contributed by atoms with E-state index in [9.17, 15) is 0 Å². The molecule has 1 aliphatic heterocycles. The molecule has 0 unspecified atom stereocenters. The van der Waals surface area contributed by atoms with Crippen LogP contribution >= 0.6 is 0 Å². The highest BCUT2D eigenvalue weighted by Crippen LogP contribution is 2.52. The second-order valence-corrected chi connectivity index (χ2v) is 6.08. The first-order chi connectivity index (χ1) is 8.76. The summed E-state index contributed by atoms with van der Waals surface area (Å²) in [6, 6.07) is 2.15. The fourth-order valence-electron chi connectivity index (χ4n) is 3.46. The molecule has 3 fully saturated rings. The van der Waals surface area contributed by atoms with Crippen LogP contribution in [0.2, 0.25) is 0 Å². The molecule has 0 amide bonds. The Morgan fingerprint density at radius 1 is 1.11 bits per heavy atom. The van der Waals surface area contributed by atoms with E-state index in [0.29, 0.717) is 0 Å². The van der Waals surface area contributed by atoms with E-state index in [1.54, 1.807) is 6.08 Å². The minimum Gasteiger partial charge on any atom is -0.348 e. The molecule has 1 heterocycles. The van der Waals surface area contributed by atoms with Gasteiger partial charge in [-0.05, 0) is 30.6 Å². The van der Waals surface area contributed by atoms with Gasteiger partial charge in [-0.25, -0.2) is 0 Å². The van der Waals surface area contributed by atoms with Crippen LogP contribution in [0.5, 0.6) is 0 Å². The van der Waals surface area contributed by atoms with Gasteiger partial charge in [-0.15, -0.1) is 0 Å². The highest BCUT2D eigenvalue weighted by Gasteiger charge is 2.46. The Labute approximate surface area is 109 Å². The molecular weight excluding hydrogens is 226 g/mol. The lowest BCUT2D eigenvalue weighted by atomic mass is 9.68. The maximum Gasteiger partial charge on any atom is 0.168 e. The summed E-state index contributed by atoms with van der Waals surface area (Å²) >= 11 is 0. The van der Waals surface area contributed by atoms with Crippen LogP contribution in [0.15, 0.2) is 12.2 Å². The number of hydrogen-bond donors (Lipinski definition) is 0. The van der Waals surface area contributed by atoms with E-state index in [1.165, 1.54) is 19.3 Å². The molecule has 3 rings (SSSR count). The molecule has 0 radical (unpaired) electrons. The zero-order valence-electron chi connectivity index (χ0n) is 10.9. The molecule has 3 heteroatoms. The summed E-state index contributed by atoms with van der Waals surface area (Å²) < 4.78 is 11.6. The standard InChI is InChI=1S/C15H21NO2/c16-9-1-4-14(12-13-2-3-13)5-7-15(8-6-14)17-10-11-18-15/h1,4,13H,2-3,5-8,10-12H2. The van der Waals surface area contributed by atoms with Crippen molar-refractivity contribution in [2.45, 2.75) is 50.7 Å². The molecule has 3 nitrogen and oxygen atoms in total. The second-order valence-electron chi connectivity index (χ2n) is 6.08. The van der Waals surface area contributed by atoms with Gasteiger partial charge in [-0.1, -0.05) is 18.9 Å². The maximum atomic E-state index is 8.78. The Kier molecular flexibility index (Phi) is 3.17.